The molecule has 1 atom stereocenters. The van der Waals surface area contributed by atoms with Crippen LogP contribution in [0.25, 0.3) is 22.3 Å². The van der Waals surface area contributed by atoms with Crippen molar-refractivity contribution in [3.05, 3.63) is 141 Å². The Morgan fingerprint density at radius 1 is 0.780 bits per heavy atom. The number of hydrogen-bond donors (Lipinski definition) is 0. The summed E-state index contributed by atoms with van der Waals surface area (Å²) in [6.07, 6.45) is 0. The number of carbonyl (C=O) groups is 1. The molecule has 0 fully saturated rings. The Kier molecular flexibility index (Phi) is 9.73. The Hall–Kier alpha value is -4.40. The fourth-order valence-electron chi connectivity index (χ4n) is 7.14. The van der Waals surface area contributed by atoms with Crippen LogP contribution in [0, 0.1) is 36.8 Å². The highest BCUT2D eigenvalue weighted by atomic mass is 79.9. The second-order valence-corrected chi connectivity index (χ2v) is 25.1. The summed E-state index contributed by atoms with van der Waals surface area (Å²) >= 11 is 3.50. The smallest absolute Gasteiger partial charge is 0.339 e. The first-order valence-corrected chi connectivity index (χ1v) is 23.4. The van der Waals surface area contributed by atoms with E-state index in [0.717, 1.165) is 54.5 Å². The summed E-state index contributed by atoms with van der Waals surface area (Å²) in [6.45, 7) is 18.2. The number of hydrogen-bond acceptors (Lipinski definition) is 2. The monoisotopic (exact) mass is 750 g/mol. The lowest BCUT2D eigenvalue weighted by atomic mass is 9.87. The van der Waals surface area contributed by atoms with Crippen molar-refractivity contribution < 1.29 is 9.53 Å². The second-order valence-electron chi connectivity index (χ2n) is 15.2. The molecule has 5 aromatic carbocycles. The molecule has 0 saturated carbocycles. The Labute approximate surface area is 308 Å². The first-order chi connectivity index (χ1) is 23.7. The molecule has 0 amide bonds. The van der Waals surface area contributed by atoms with Crippen LogP contribution in [0.5, 0.6) is 0 Å². The lowest BCUT2D eigenvalue weighted by molar-refractivity contribution is 0.0471. The zero-order valence-electron chi connectivity index (χ0n) is 30.2. The van der Waals surface area contributed by atoms with Gasteiger partial charge in [-0.15, -0.1) is 11.1 Å². The molecule has 50 heavy (non-hydrogen) atoms. The molecule has 0 saturated heterocycles. The van der Waals surface area contributed by atoms with Gasteiger partial charge in [-0.25, -0.2) is 4.79 Å². The Morgan fingerprint density at radius 3 is 2.02 bits per heavy atom. The Morgan fingerprint density at radius 2 is 1.40 bits per heavy atom. The SMILES string of the molecule is Cc1c(C(=O)OCc2ccc(Br)cc2)c(C)c2c(c1-c1ccccc1)[Si@@](C#Cc1ccccc1)(C(C)(C)C)c1cc(C#C[Si](C)(C)C)ccc1-2. The molecule has 0 aliphatic carbocycles. The van der Waals surface area contributed by atoms with E-state index in [-0.39, 0.29) is 17.6 Å². The van der Waals surface area contributed by atoms with Crippen LogP contribution < -0.4 is 10.4 Å². The highest BCUT2D eigenvalue weighted by Gasteiger charge is 2.55. The minimum absolute atomic E-state index is 0.196. The number of ether oxygens (including phenoxy) is 1. The molecule has 5 aromatic rings. The second kappa shape index (κ2) is 13.7. The summed E-state index contributed by atoms with van der Waals surface area (Å²) in [5, 5.41) is 2.33. The molecule has 0 bridgehead atoms. The highest BCUT2D eigenvalue weighted by Crippen LogP contribution is 2.48. The van der Waals surface area contributed by atoms with Gasteiger partial charge in [-0.2, -0.15) is 0 Å². The first kappa shape index (κ1) is 35.4. The van der Waals surface area contributed by atoms with Gasteiger partial charge in [-0.3, -0.25) is 0 Å². The number of benzene rings is 5. The molecular weight excluding hydrogens is 709 g/mol. The van der Waals surface area contributed by atoms with E-state index in [0.29, 0.717) is 5.56 Å². The molecule has 0 N–H and O–H groups in total. The van der Waals surface area contributed by atoms with E-state index in [1.54, 1.807) is 0 Å². The molecule has 0 aromatic heterocycles. The van der Waals surface area contributed by atoms with E-state index in [9.17, 15) is 4.79 Å². The molecule has 5 heteroatoms. The van der Waals surface area contributed by atoms with Crippen molar-refractivity contribution in [3.63, 3.8) is 0 Å². The van der Waals surface area contributed by atoms with E-state index in [1.165, 1.54) is 10.4 Å². The molecule has 2 nitrogen and oxygen atoms in total. The molecule has 0 spiro atoms. The van der Waals surface area contributed by atoms with Crippen LogP contribution >= 0.6 is 15.9 Å². The third kappa shape index (κ3) is 6.71. The number of esters is 1. The van der Waals surface area contributed by atoms with Gasteiger partial charge in [0.25, 0.3) is 0 Å². The first-order valence-electron chi connectivity index (χ1n) is 17.1. The van der Waals surface area contributed by atoms with Gasteiger partial charge in [0.05, 0.1) is 5.56 Å². The van der Waals surface area contributed by atoms with Crippen molar-refractivity contribution in [2.45, 2.75) is 65.9 Å². The highest BCUT2D eigenvalue weighted by molar-refractivity contribution is 9.10. The largest absolute Gasteiger partial charge is 0.457 e. The van der Waals surface area contributed by atoms with Crippen LogP contribution in [-0.4, -0.2) is 22.1 Å². The molecule has 6 rings (SSSR count). The number of fused-ring (bicyclic) bond motifs is 3. The zero-order valence-corrected chi connectivity index (χ0v) is 33.8. The van der Waals surface area contributed by atoms with Crippen molar-refractivity contribution in [1.82, 2.24) is 0 Å². The molecule has 1 aliphatic heterocycles. The third-order valence-electron chi connectivity index (χ3n) is 9.49. The quantitative estimate of drug-likeness (QED) is 0.104. The molecular formula is C45H43BrO2Si2. The van der Waals surface area contributed by atoms with Crippen molar-refractivity contribution in [1.29, 1.82) is 0 Å². The number of halogens is 1. The van der Waals surface area contributed by atoms with Gasteiger partial charge in [0.2, 0.25) is 8.07 Å². The van der Waals surface area contributed by atoms with Gasteiger partial charge in [0, 0.05) is 15.6 Å². The maximum Gasteiger partial charge on any atom is 0.339 e. The Balaban J connectivity index is 1.70. The number of carbonyl (C=O) groups excluding carboxylic acids is 1. The third-order valence-corrected chi connectivity index (χ3v) is 16.1. The lowest BCUT2D eigenvalue weighted by Gasteiger charge is -2.39. The van der Waals surface area contributed by atoms with Crippen LogP contribution in [0.15, 0.2) is 108 Å². The summed E-state index contributed by atoms with van der Waals surface area (Å²) in [4.78, 5) is 14.3. The van der Waals surface area contributed by atoms with Crippen LogP contribution in [0.3, 0.4) is 0 Å². The fourth-order valence-corrected chi connectivity index (χ4v) is 13.1. The molecule has 1 aliphatic rings. The van der Waals surface area contributed by atoms with Gasteiger partial charge in [-0.1, -0.05) is 135 Å². The summed E-state index contributed by atoms with van der Waals surface area (Å²) in [7, 11) is -4.58. The summed E-state index contributed by atoms with van der Waals surface area (Å²) < 4.78 is 7.06. The van der Waals surface area contributed by atoms with Crippen molar-refractivity contribution in [2.75, 3.05) is 0 Å². The minimum Gasteiger partial charge on any atom is -0.457 e. The average molecular weight is 752 g/mol. The summed E-state index contributed by atoms with van der Waals surface area (Å²) in [6, 6.07) is 35.4. The van der Waals surface area contributed by atoms with Crippen LogP contribution in [0.1, 0.15) is 58.9 Å². The topological polar surface area (TPSA) is 26.3 Å². The predicted molar refractivity (Wildman–Crippen MR) is 218 cm³/mol. The summed E-state index contributed by atoms with van der Waals surface area (Å²) in [5.74, 6) is 6.91. The van der Waals surface area contributed by atoms with Crippen LogP contribution in [0.4, 0.5) is 0 Å². The minimum atomic E-state index is -2.96. The average Bonchev–Trinajstić information content (AvgIpc) is 3.37. The molecule has 0 radical (unpaired) electrons. The van der Waals surface area contributed by atoms with E-state index < -0.39 is 16.1 Å². The zero-order chi connectivity index (χ0) is 35.8. The maximum atomic E-state index is 14.3. The Bertz CT molecular complexity index is 2220. The van der Waals surface area contributed by atoms with E-state index in [2.05, 4.69) is 148 Å². The molecule has 250 valence electrons. The van der Waals surface area contributed by atoms with Crippen LogP contribution in [-0.2, 0) is 11.3 Å². The summed E-state index contributed by atoms with van der Waals surface area (Å²) in [5.41, 5.74) is 17.6. The van der Waals surface area contributed by atoms with Gasteiger partial charge < -0.3 is 4.74 Å². The van der Waals surface area contributed by atoms with Crippen molar-refractivity contribution in [3.8, 4) is 45.2 Å². The van der Waals surface area contributed by atoms with Gasteiger partial charge in [0.1, 0.15) is 14.7 Å². The standard InChI is InChI=1S/C45H43BrO2Si2/c1-31-40(44(47)48-30-35-19-22-37(46)23-20-35)32(2)42-38-24-21-34(25-27-49(6,7)8)29-39(38)50(45(3,4)5,28-26-33-15-11-9-12-16-33)43(42)41(31)36-17-13-10-14-18-36/h9-24,29H,30H2,1-8H3/t50-/m0/s1. The fraction of sp³-hybridized carbons (Fsp3) is 0.222. The predicted octanol–water partition coefficient (Wildman–Crippen LogP) is 10.3. The normalized spacial score (nSPS) is 14.8. The number of rotatable bonds is 4. The molecule has 0 unspecified atom stereocenters. The van der Waals surface area contributed by atoms with E-state index in [4.69, 9.17) is 4.74 Å². The van der Waals surface area contributed by atoms with Gasteiger partial charge in [-0.05, 0) is 105 Å². The van der Waals surface area contributed by atoms with Crippen molar-refractivity contribution >= 4 is 48.4 Å². The lowest BCUT2D eigenvalue weighted by Crippen LogP contribution is -2.62. The maximum absolute atomic E-state index is 14.3. The van der Waals surface area contributed by atoms with E-state index in [1.807, 2.05) is 48.5 Å². The van der Waals surface area contributed by atoms with Gasteiger partial charge in [0.15, 0.2) is 0 Å². The van der Waals surface area contributed by atoms with E-state index >= 15 is 0 Å². The van der Waals surface area contributed by atoms with Gasteiger partial charge >= 0.3 is 5.97 Å². The van der Waals surface area contributed by atoms with Crippen LogP contribution in [0.2, 0.25) is 24.7 Å². The van der Waals surface area contributed by atoms with Crippen molar-refractivity contribution in [2.24, 2.45) is 0 Å². The molecule has 1 heterocycles.